The highest BCUT2D eigenvalue weighted by Crippen LogP contribution is 2.17. The topological polar surface area (TPSA) is 106 Å². The van der Waals surface area contributed by atoms with Crippen molar-refractivity contribution in [3.63, 3.8) is 0 Å². The molecule has 0 fully saturated rings. The molecule has 0 aliphatic rings. The number of esters is 1. The minimum Gasteiger partial charge on any atom is -0.463 e. The second-order valence-electron chi connectivity index (χ2n) is 4.00. The average molecular weight is 275 g/mol. The number of furan rings is 1. The second-order valence-corrected chi connectivity index (χ2v) is 4.00. The standard InChI is InChI=1S/C13H9NO6/c15-5-7-3-10(16)12(6-19-7)20-13(17)9-4-11-8(14-9)1-2-18-11/h1-4,6,14-15H,5H2. The monoisotopic (exact) mass is 275 g/mol. The lowest BCUT2D eigenvalue weighted by Crippen LogP contribution is -2.15. The van der Waals surface area contributed by atoms with Gasteiger partial charge in [-0.3, -0.25) is 4.79 Å². The number of nitrogens with one attached hydrogen (secondary N) is 1. The van der Waals surface area contributed by atoms with Crippen molar-refractivity contribution in [3.05, 3.63) is 52.4 Å². The summed E-state index contributed by atoms with van der Waals surface area (Å²) in [5, 5.41) is 8.81. The van der Waals surface area contributed by atoms with Gasteiger partial charge in [-0.25, -0.2) is 4.79 Å². The average Bonchev–Trinajstić information content (AvgIpc) is 3.01. The number of H-pyrrole nitrogens is 1. The zero-order valence-electron chi connectivity index (χ0n) is 10.1. The van der Waals surface area contributed by atoms with Crippen molar-refractivity contribution < 1.29 is 23.5 Å². The Kier molecular flexibility index (Phi) is 2.88. The third-order valence-electron chi connectivity index (χ3n) is 2.67. The van der Waals surface area contributed by atoms with E-state index >= 15 is 0 Å². The molecule has 0 amide bonds. The van der Waals surface area contributed by atoms with Crippen molar-refractivity contribution >= 4 is 17.1 Å². The first-order valence-corrected chi connectivity index (χ1v) is 5.68. The quantitative estimate of drug-likeness (QED) is 0.700. The van der Waals surface area contributed by atoms with Crippen LogP contribution >= 0.6 is 0 Å². The summed E-state index contributed by atoms with van der Waals surface area (Å²) >= 11 is 0. The lowest BCUT2D eigenvalue weighted by molar-refractivity contribution is 0.0723. The third-order valence-corrected chi connectivity index (χ3v) is 2.67. The summed E-state index contributed by atoms with van der Waals surface area (Å²) in [4.78, 5) is 26.3. The maximum absolute atomic E-state index is 11.9. The molecule has 3 aromatic rings. The zero-order valence-corrected chi connectivity index (χ0v) is 10.1. The van der Waals surface area contributed by atoms with E-state index in [2.05, 4.69) is 4.98 Å². The molecule has 0 aliphatic heterocycles. The van der Waals surface area contributed by atoms with Gasteiger partial charge in [0.25, 0.3) is 0 Å². The second kappa shape index (κ2) is 4.71. The molecule has 0 bridgehead atoms. The predicted molar refractivity (Wildman–Crippen MR) is 66.4 cm³/mol. The zero-order chi connectivity index (χ0) is 14.1. The van der Waals surface area contributed by atoms with Gasteiger partial charge in [0.15, 0.2) is 5.58 Å². The molecule has 0 unspecified atom stereocenters. The van der Waals surface area contributed by atoms with Crippen molar-refractivity contribution in [2.24, 2.45) is 0 Å². The van der Waals surface area contributed by atoms with E-state index in [4.69, 9.17) is 18.7 Å². The molecule has 2 N–H and O–H groups in total. The maximum atomic E-state index is 11.9. The number of hydrogen-bond acceptors (Lipinski definition) is 6. The molecule has 3 aromatic heterocycles. The van der Waals surface area contributed by atoms with Crippen molar-refractivity contribution in [2.45, 2.75) is 6.61 Å². The van der Waals surface area contributed by atoms with Gasteiger partial charge in [0.1, 0.15) is 24.3 Å². The molecule has 7 nitrogen and oxygen atoms in total. The van der Waals surface area contributed by atoms with Crippen molar-refractivity contribution in [2.75, 3.05) is 0 Å². The number of carbonyl (C=O) groups excluding carboxylic acids is 1. The fraction of sp³-hybridized carbons (Fsp3) is 0.0769. The molecule has 0 atom stereocenters. The van der Waals surface area contributed by atoms with Crippen LogP contribution in [-0.2, 0) is 6.61 Å². The van der Waals surface area contributed by atoms with Crippen LogP contribution in [0.3, 0.4) is 0 Å². The molecule has 0 aromatic carbocycles. The summed E-state index contributed by atoms with van der Waals surface area (Å²) < 4.78 is 14.9. The minimum absolute atomic E-state index is 0.0900. The fourth-order valence-corrected chi connectivity index (χ4v) is 1.71. The molecule has 0 radical (unpaired) electrons. The molecular weight excluding hydrogens is 266 g/mol. The van der Waals surface area contributed by atoms with Gasteiger partial charge in [-0.05, 0) is 0 Å². The summed E-state index contributed by atoms with van der Waals surface area (Å²) in [6, 6.07) is 4.20. The van der Waals surface area contributed by atoms with Gasteiger partial charge in [0, 0.05) is 18.2 Å². The Labute approximate surface area is 111 Å². The predicted octanol–water partition coefficient (Wildman–Crippen LogP) is 1.43. The summed E-state index contributed by atoms with van der Waals surface area (Å²) in [7, 11) is 0. The Hall–Kier alpha value is -2.80. The van der Waals surface area contributed by atoms with Crippen LogP contribution in [0.4, 0.5) is 0 Å². The number of fused-ring (bicyclic) bond motifs is 1. The van der Waals surface area contributed by atoms with E-state index in [9.17, 15) is 9.59 Å². The van der Waals surface area contributed by atoms with E-state index in [1.807, 2.05) is 0 Å². The summed E-state index contributed by atoms with van der Waals surface area (Å²) in [6.45, 7) is -0.406. The van der Waals surface area contributed by atoms with Crippen molar-refractivity contribution in [1.82, 2.24) is 4.98 Å². The Morgan fingerprint density at radius 1 is 1.35 bits per heavy atom. The molecule has 3 rings (SSSR count). The number of rotatable bonds is 3. The Balaban J connectivity index is 1.85. The highest BCUT2D eigenvalue weighted by Gasteiger charge is 2.15. The lowest BCUT2D eigenvalue weighted by atomic mass is 10.4. The number of ether oxygens (including phenoxy) is 1. The van der Waals surface area contributed by atoms with E-state index < -0.39 is 18.0 Å². The van der Waals surface area contributed by atoms with Crippen LogP contribution in [0.5, 0.6) is 5.75 Å². The van der Waals surface area contributed by atoms with Crippen LogP contribution in [0.25, 0.3) is 11.1 Å². The van der Waals surface area contributed by atoms with Crippen LogP contribution in [0.1, 0.15) is 16.2 Å². The van der Waals surface area contributed by atoms with Crippen LogP contribution in [0.2, 0.25) is 0 Å². The van der Waals surface area contributed by atoms with Gasteiger partial charge in [-0.15, -0.1) is 0 Å². The number of hydrogen-bond donors (Lipinski definition) is 2. The van der Waals surface area contributed by atoms with E-state index in [-0.39, 0.29) is 17.2 Å². The number of aliphatic hydroxyl groups is 1. The molecule has 20 heavy (non-hydrogen) atoms. The molecule has 7 heteroatoms. The molecule has 0 spiro atoms. The first kappa shape index (κ1) is 12.2. The van der Waals surface area contributed by atoms with Crippen LogP contribution in [0, 0.1) is 0 Å². The van der Waals surface area contributed by atoms with E-state index in [0.29, 0.717) is 11.1 Å². The number of aromatic amines is 1. The fourth-order valence-electron chi connectivity index (χ4n) is 1.71. The molecular formula is C13H9NO6. The number of aliphatic hydroxyl groups excluding tert-OH is 1. The Morgan fingerprint density at radius 2 is 2.20 bits per heavy atom. The van der Waals surface area contributed by atoms with E-state index in [1.165, 1.54) is 12.3 Å². The number of aromatic nitrogens is 1. The normalized spacial score (nSPS) is 10.8. The van der Waals surface area contributed by atoms with Gasteiger partial charge in [-0.1, -0.05) is 0 Å². The van der Waals surface area contributed by atoms with Gasteiger partial charge < -0.3 is 23.7 Å². The Bertz CT molecular complexity index is 796. The van der Waals surface area contributed by atoms with E-state index in [0.717, 1.165) is 12.3 Å². The smallest absolute Gasteiger partial charge is 0.360 e. The van der Waals surface area contributed by atoms with Crippen LogP contribution < -0.4 is 10.2 Å². The van der Waals surface area contributed by atoms with Gasteiger partial charge in [0.2, 0.25) is 11.2 Å². The SMILES string of the molecule is O=C(Oc1coc(CO)cc1=O)c1cc2occc2[nH]1. The van der Waals surface area contributed by atoms with Crippen LogP contribution in [-0.4, -0.2) is 16.1 Å². The summed E-state index contributed by atoms with van der Waals surface area (Å²) in [5.74, 6) is -0.897. The third kappa shape index (κ3) is 2.10. The van der Waals surface area contributed by atoms with Crippen molar-refractivity contribution in [1.29, 1.82) is 0 Å². The number of carbonyl (C=O) groups is 1. The minimum atomic E-state index is -0.736. The molecule has 0 saturated heterocycles. The maximum Gasteiger partial charge on any atom is 0.360 e. The Morgan fingerprint density at radius 3 is 2.90 bits per heavy atom. The van der Waals surface area contributed by atoms with Gasteiger partial charge in [-0.2, -0.15) is 0 Å². The molecule has 102 valence electrons. The van der Waals surface area contributed by atoms with E-state index in [1.54, 1.807) is 6.07 Å². The van der Waals surface area contributed by atoms with Gasteiger partial charge in [0.05, 0.1) is 11.8 Å². The molecule has 0 saturated carbocycles. The summed E-state index contributed by atoms with van der Waals surface area (Å²) in [6.07, 6.45) is 2.47. The molecule has 0 aliphatic carbocycles. The van der Waals surface area contributed by atoms with Crippen LogP contribution in [0.15, 0.2) is 44.4 Å². The highest BCUT2D eigenvalue weighted by atomic mass is 16.5. The molecule has 3 heterocycles. The van der Waals surface area contributed by atoms with Gasteiger partial charge >= 0.3 is 5.97 Å². The van der Waals surface area contributed by atoms with Crippen molar-refractivity contribution in [3.8, 4) is 5.75 Å². The largest absolute Gasteiger partial charge is 0.463 e. The first-order valence-electron chi connectivity index (χ1n) is 5.68. The summed E-state index contributed by atoms with van der Waals surface area (Å²) in [5.41, 5.74) is 0.771. The first-order chi connectivity index (χ1) is 9.67. The highest BCUT2D eigenvalue weighted by molar-refractivity contribution is 5.94. The lowest BCUT2D eigenvalue weighted by Gasteiger charge is -2.01.